The summed E-state index contributed by atoms with van der Waals surface area (Å²) in [6.45, 7) is 0. The van der Waals surface area contributed by atoms with Crippen molar-refractivity contribution in [1.29, 1.82) is 0 Å². The highest BCUT2D eigenvalue weighted by Gasteiger charge is 2.31. The van der Waals surface area contributed by atoms with Gasteiger partial charge in [0.1, 0.15) is 0 Å². The molecule has 0 fully saturated rings. The fraction of sp³-hybridized carbons (Fsp3) is 0.200. The largest absolute Gasteiger partial charge is 0.416 e. The molecule has 2 rings (SSSR count). The summed E-state index contributed by atoms with van der Waals surface area (Å²) in [6.07, 6.45) is -3.08. The molecule has 1 aromatic carbocycles. The Hall–Kier alpha value is -1.27. The Balaban J connectivity index is 2.57. The van der Waals surface area contributed by atoms with Crippen molar-refractivity contribution in [3.05, 3.63) is 40.7 Å². The maximum atomic E-state index is 12.6. The van der Waals surface area contributed by atoms with Crippen molar-refractivity contribution in [1.82, 2.24) is 15.0 Å². The van der Waals surface area contributed by atoms with Crippen LogP contribution in [0.25, 0.3) is 5.69 Å². The first-order chi connectivity index (χ1) is 8.43. The van der Waals surface area contributed by atoms with Crippen molar-refractivity contribution in [2.45, 2.75) is 12.1 Å². The number of alkyl halides is 4. The Morgan fingerprint density at radius 2 is 2.00 bits per heavy atom. The van der Waals surface area contributed by atoms with Crippen molar-refractivity contribution in [2.75, 3.05) is 0 Å². The molecule has 0 unspecified atom stereocenters. The van der Waals surface area contributed by atoms with Gasteiger partial charge in [0.2, 0.25) is 0 Å². The SMILES string of the molecule is FC(F)(F)c1ccc(Cl)c(-n2nncc2CCl)c1. The Morgan fingerprint density at radius 1 is 1.28 bits per heavy atom. The van der Waals surface area contributed by atoms with Gasteiger partial charge in [-0.05, 0) is 18.2 Å². The topological polar surface area (TPSA) is 30.7 Å². The van der Waals surface area contributed by atoms with Crippen LogP contribution in [-0.2, 0) is 12.1 Å². The molecular formula is C10H6Cl2F3N3. The number of benzene rings is 1. The van der Waals surface area contributed by atoms with E-state index >= 15 is 0 Å². The van der Waals surface area contributed by atoms with Crippen LogP contribution >= 0.6 is 23.2 Å². The van der Waals surface area contributed by atoms with Gasteiger partial charge < -0.3 is 0 Å². The molecule has 0 N–H and O–H groups in total. The summed E-state index contributed by atoms with van der Waals surface area (Å²) in [4.78, 5) is 0. The molecule has 18 heavy (non-hydrogen) atoms. The second-order valence-corrected chi connectivity index (χ2v) is 4.11. The average Bonchev–Trinajstić information content (AvgIpc) is 2.76. The lowest BCUT2D eigenvalue weighted by Crippen LogP contribution is -2.08. The highest BCUT2D eigenvalue weighted by atomic mass is 35.5. The van der Waals surface area contributed by atoms with Gasteiger partial charge in [-0.1, -0.05) is 16.8 Å². The third-order valence-electron chi connectivity index (χ3n) is 2.26. The molecule has 0 saturated heterocycles. The molecule has 0 atom stereocenters. The van der Waals surface area contributed by atoms with E-state index in [0.717, 1.165) is 12.1 Å². The van der Waals surface area contributed by atoms with E-state index in [0.29, 0.717) is 5.69 Å². The minimum Gasteiger partial charge on any atom is -0.215 e. The molecule has 96 valence electrons. The van der Waals surface area contributed by atoms with Gasteiger partial charge in [0.15, 0.2) is 0 Å². The molecule has 0 aliphatic heterocycles. The average molecular weight is 296 g/mol. The van der Waals surface area contributed by atoms with Crippen LogP contribution < -0.4 is 0 Å². The molecule has 0 radical (unpaired) electrons. The highest BCUT2D eigenvalue weighted by Crippen LogP contribution is 2.33. The minimum atomic E-state index is -4.44. The van der Waals surface area contributed by atoms with Gasteiger partial charge in [0.05, 0.1) is 34.0 Å². The van der Waals surface area contributed by atoms with Gasteiger partial charge in [0.25, 0.3) is 0 Å². The molecular weight excluding hydrogens is 290 g/mol. The van der Waals surface area contributed by atoms with E-state index in [1.807, 2.05) is 0 Å². The zero-order chi connectivity index (χ0) is 13.3. The third kappa shape index (κ3) is 2.44. The summed E-state index contributed by atoms with van der Waals surface area (Å²) in [7, 11) is 0. The smallest absolute Gasteiger partial charge is 0.215 e. The molecule has 1 aromatic heterocycles. The van der Waals surface area contributed by atoms with E-state index < -0.39 is 11.7 Å². The molecule has 0 aliphatic carbocycles. The van der Waals surface area contributed by atoms with Crippen LogP contribution in [0, 0.1) is 0 Å². The normalized spacial score (nSPS) is 11.8. The van der Waals surface area contributed by atoms with Crippen molar-refractivity contribution in [3.63, 3.8) is 0 Å². The lowest BCUT2D eigenvalue weighted by Gasteiger charge is -2.11. The first kappa shape index (κ1) is 13.2. The molecule has 0 aliphatic rings. The van der Waals surface area contributed by atoms with Crippen molar-refractivity contribution >= 4 is 23.2 Å². The molecule has 2 aromatic rings. The molecule has 0 saturated carbocycles. The monoisotopic (exact) mass is 295 g/mol. The first-order valence-corrected chi connectivity index (χ1v) is 5.67. The zero-order valence-electron chi connectivity index (χ0n) is 8.75. The van der Waals surface area contributed by atoms with Gasteiger partial charge in [-0.2, -0.15) is 13.2 Å². The number of aromatic nitrogens is 3. The predicted molar refractivity (Wildman–Crippen MR) is 60.9 cm³/mol. The summed E-state index contributed by atoms with van der Waals surface area (Å²) >= 11 is 11.5. The summed E-state index contributed by atoms with van der Waals surface area (Å²) in [5, 5.41) is 7.40. The summed E-state index contributed by atoms with van der Waals surface area (Å²) < 4.78 is 39.0. The predicted octanol–water partition coefficient (Wildman–Crippen LogP) is 3.68. The Morgan fingerprint density at radius 3 is 2.61 bits per heavy atom. The van der Waals surface area contributed by atoms with Crippen LogP contribution in [0.15, 0.2) is 24.4 Å². The van der Waals surface area contributed by atoms with E-state index in [4.69, 9.17) is 23.2 Å². The second-order valence-electron chi connectivity index (χ2n) is 3.43. The van der Waals surface area contributed by atoms with Crippen LogP contribution in [-0.4, -0.2) is 15.0 Å². The standard InChI is InChI=1S/C10H6Cl2F3N3/c11-4-7-5-16-17-18(7)9-3-6(10(13,14)15)1-2-8(9)12/h1-3,5H,4H2. The fourth-order valence-corrected chi connectivity index (χ4v) is 1.78. The van der Waals surface area contributed by atoms with Gasteiger partial charge in [-0.15, -0.1) is 16.7 Å². The van der Waals surface area contributed by atoms with Crippen LogP contribution in [0.1, 0.15) is 11.3 Å². The van der Waals surface area contributed by atoms with Crippen LogP contribution in [0.4, 0.5) is 13.2 Å². The number of hydrogen-bond donors (Lipinski definition) is 0. The molecule has 0 spiro atoms. The van der Waals surface area contributed by atoms with Crippen molar-refractivity contribution < 1.29 is 13.2 Å². The number of rotatable bonds is 2. The van der Waals surface area contributed by atoms with Crippen molar-refractivity contribution in [2.24, 2.45) is 0 Å². The van der Waals surface area contributed by atoms with Gasteiger partial charge in [0, 0.05) is 0 Å². The second kappa shape index (κ2) is 4.78. The van der Waals surface area contributed by atoms with Crippen LogP contribution in [0.5, 0.6) is 0 Å². The zero-order valence-corrected chi connectivity index (χ0v) is 10.3. The summed E-state index contributed by atoms with van der Waals surface area (Å²) in [5.41, 5.74) is -0.254. The molecule has 0 amide bonds. The summed E-state index contributed by atoms with van der Waals surface area (Å²) in [5.74, 6) is 0.0690. The Kier molecular flexibility index (Phi) is 3.49. The van der Waals surface area contributed by atoms with Crippen molar-refractivity contribution in [3.8, 4) is 5.69 Å². The van der Waals surface area contributed by atoms with Gasteiger partial charge in [-0.3, -0.25) is 0 Å². The number of nitrogens with zero attached hydrogens (tertiary/aromatic N) is 3. The quantitative estimate of drug-likeness (QED) is 0.791. The molecule has 1 heterocycles. The Labute approximate surface area is 110 Å². The maximum absolute atomic E-state index is 12.6. The highest BCUT2D eigenvalue weighted by molar-refractivity contribution is 6.32. The first-order valence-electron chi connectivity index (χ1n) is 4.76. The number of halogens is 5. The van der Waals surface area contributed by atoms with Gasteiger partial charge >= 0.3 is 6.18 Å². The fourth-order valence-electron chi connectivity index (χ4n) is 1.40. The molecule has 3 nitrogen and oxygen atoms in total. The minimum absolute atomic E-state index is 0.0690. The van der Waals surface area contributed by atoms with Crippen LogP contribution in [0.2, 0.25) is 5.02 Å². The lowest BCUT2D eigenvalue weighted by atomic mass is 10.2. The molecule has 8 heteroatoms. The summed E-state index contributed by atoms with van der Waals surface area (Å²) in [6, 6.07) is 2.98. The van der Waals surface area contributed by atoms with E-state index in [-0.39, 0.29) is 16.6 Å². The van der Waals surface area contributed by atoms with Crippen LogP contribution in [0.3, 0.4) is 0 Å². The van der Waals surface area contributed by atoms with E-state index in [1.165, 1.54) is 16.9 Å². The molecule has 0 bridgehead atoms. The van der Waals surface area contributed by atoms with E-state index in [9.17, 15) is 13.2 Å². The Bertz CT molecular complexity index is 566. The number of hydrogen-bond acceptors (Lipinski definition) is 2. The van der Waals surface area contributed by atoms with E-state index in [1.54, 1.807) is 0 Å². The third-order valence-corrected chi connectivity index (χ3v) is 2.85. The maximum Gasteiger partial charge on any atom is 0.416 e. The van der Waals surface area contributed by atoms with E-state index in [2.05, 4.69) is 10.3 Å². The lowest BCUT2D eigenvalue weighted by molar-refractivity contribution is -0.137. The van der Waals surface area contributed by atoms with Gasteiger partial charge in [-0.25, -0.2) is 4.68 Å².